The summed E-state index contributed by atoms with van der Waals surface area (Å²) in [4.78, 5) is 13.3. The molecule has 0 spiro atoms. The van der Waals surface area contributed by atoms with Crippen LogP contribution in [0.15, 0.2) is 69.9 Å². The first-order valence-electron chi connectivity index (χ1n) is 9.14. The molecule has 0 amide bonds. The monoisotopic (exact) mass is 424 g/mol. The molecule has 3 nitrogen and oxygen atoms in total. The van der Waals surface area contributed by atoms with Crippen LogP contribution < -0.4 is 10.2 Å². The summed E-state index contributed by atoms with van der Waals surface area (Å²) in [5.41, 5.74) is 3.83. The molecule has 29 heavy (non-hydrogen) atoms. The standard InChI is InChI=1S/C24H18Cl2O3/c1-14-5-3-4-6-17(14)13-28-24-22(27)19-12-20(26)15(2)11-21(19)29-23(24)16-7-9-18(25)10-8-16/h3-12H,13H2,1-2H3. The third-order valence-electron chi connectivity index (χ3n) is 4.87. The predicted molar refractivity (Wildman–Crippen MR) is 118 cm³/mol. The Balaban J connectivity index is 1.89. The number of hydrogen-bond donors (Lipinski definition) is 0. The quantitative estimate of drug-likeness (QED) is 0.355. The fourth-order valence-corrected chi connectivity index (χ4v) is 3.43. The maximum Gasteiger partial charge on any atom is 0.235 e. The molecular formula is C24H18Cl2O3. The summed E-state index contributed by atoms with van der Waals surface area (Å²) >= 11 is 12.3. The van der Waals surface area contributed by atoms with E-state index in [-0.39, 0.29) is 17.8 Å². The van der Waals surface area contributed by atoms with Crippen molar-refractivity contribution in [1.29, 1.82) is 0 Å². The highest BCUT2D eigenvalue weighted by atomic mass is 35.5. The molecule has 4 aromatic rings. The molecule has 146 valence electrons. The van der Waals surface area contributed by atoms with Gasteiger partial charge in [-0.05, 0) is 66.9 Å². The Morgan fingerprint density at radius 3 is 2.38 bits per heavy atom. The number of aryl methyl sites for hydroxylation is 2. The molecule has 4 rings (SSSR count). The lowest BCUT2D eigenvalue weighted by molar-refractivity contribution is 0.297. The van der Waals surface area contributed by atoms with Gasteiger partial charge in [-0.25, -0.2) is 0 Å². The Bertz CT molecular complexity index is 1260. The van der Waals surface area contributed by atoms with Gasteiger partial charge in [0.2, 0.25) is 11.2 Å². The lowest BCUT2D eigenvalue weighted by Gasteiger charge is -2.13. The Morgan fingerprint density at radius 1 is 0.931 bits per heavy atom. The number of hydrogen-bond acceptors (Lipinski definition) is 3. The third kappa shape index (κ3) is 3.89. The minimum Gasteiger partial charge on any atom is -0.481 e. The van der Waals surface area contributed by atoms with Crippen LogP contribution in [0, 0.1) is 13.8 Å². The number of ether oxygens (including phenoxy) is 1. The highest BCUT2D eigenvalue weighted by Crippen LogP contribution is 2.33. The van der Waals surface area contributed by atoms with E-state index in [1.54, 1.807) is 36.4 Å². The summed E-state index contributed by atoms with van der Waals surface area (Å²) in [6.45, 7) is 4.12. The van der Waals surface area contributed by atoms with Gasteiger partial charge < -0.3 is 9.15 Å². The Labute approximate surface area is 178 Å². The van der Waals surface area contributed by atoms with Crippen LogP contribution in [0.5, 0.6) is 5.75 Å². The van der Waals surface area contributed by atoms with Gasteiger partial charge in [0.05, 0.1) is 5.39 Å². The fourth-order valence-electron chi connectivity index (χ4n) is 3.14. The second-order valence-corrected chi connectivity index (χ2v) is 7.75. The zero-order chi connectivity index (χ0) is 20.5. The SMILES string of the molecule is Cc1cc2oc(-c3ccc(Cl)cc3)c(OCc3ccccc3C)c(=O)c2cc1Cl. The van der Waals surface area contributed by atoms with Gasteiger partial charge in [-0.15, -0.1) is 0 Å². The third-order valence-corrected chi connectivity index (χ3v) is 5.53. The number of benzene rings is 3. The van der Waals surface area contributed by atoms with Crippen molar-refractivity contribution in [3.63, 3.8) is 0 Å². The normalized spacial score (nSPS) is 11.0. The van der Waals surface area contributed by atoms with Crippen LogP contribution in [-0.2, 0) is 6.61 Å². The first kappa shape index (κ1) is 19.6. The summed E-state index contributed by atoms with van der Waals surface area (Å²) in [7, 11) is 0. The van der Waals surface area contributed by atoms with E-state index in [4.69, 9.17) is 32.4 Å². The molecule has 0 bridgehead atoms. The second kappa shape index (κ2) is 7.94. The zero-order valence-electron chi connectivity index (χ0n) is 16.0. The Hall–Kier alpha value is -2.75. The van der Waals surface area contributed by atoms with Gasteiger partial charge in [0.1, 0.15) is 12.2 Å². The van der Waals surface area contributed by atoms with Gasteiger partial charge in [0.15, 0.2) is 5.76 Å². The Morgan fingerprint density at radius 2 is 1.66 bits per heavy atom. The molecule has 0 aliphatic carbocycles. The summed E-state index contributed by atoms with van der Waals surface area (Å²) in [5, 5.41) is 1.49. The van der Waals surface area contributed by atoms with Crippen LogP contribution >= 0.6 is 23.2 Å². The van der Waals surface area contributed by atoms with Crippen molar-refractivity contribution in [2.75, 3.05) is 0 Å². The molecule has 0 radical (unpaired) electrons. The molecule has 5 heteroatoms. The predicted octanol–water partition coefficient (Wildman–Crippen LogP) is 6.96. The number of halogens is 2. The molecule has 0 N–H and O–H groups in total. The minimum atomic E-state index is -0.258. The zero-order valence-corrected chi connectivity index (χ0v) is 17.5. The van der Waals surface area contributed by atoms with Crippen molar-refractivity contribution in [2.24, 2.45) is 0 Å². The topological polar surface area (TPSA) is 39.4 Å². The summed E-state index contributed by atoms with van der Waals surface area (Å²) in [6.07, 6.45) is 0. The smallest absolute Gasteiger partial charge is 0.235 e. The van der Waals surface area contributed by atoms with E-state index in [1.807, 2.05) is 38.1 Å². The lowest BCUT2D eigenvalue weighted by atomic mass is 10.1. The molecule has 0 aliphatic heterocycles. The molecule has 0 saturated carbocycles. The van der Waals surface area contributed by atoms with E-state index in [2.05, 4.69) is 0 Å². The molecule has 1 aromatic heterocycles. The molecule has 0 atom stereocenters. The molecule has 0 saturated heterocycles. The number of rotatable bonds is 4. The first-order chi connectivity index (χ1) is 13.9. The van der Waals surface area contributed by atoms with Gasteiger partial charge in [-0.2, -0.15) is 0 Å². The van der Waals surface area contributed by atoms with E-state index in [9.17, 15) is 4.79 Å². The van der Waals surface area contributed by atoms with E-state index in [1.165, 1.54) is 0 Å². The van der Waals surface area contributed by atoms with Crippen LogP contribution in [0.2, 0.25) is 10.0 Å². The maximum absolute atomic E-state index is 13.3. The van der Waals surface area contributed by atoms with E-state index < -0.39 is 0 Å². The fraction of sp³-hybridized carbons (Fsp3) is 0.125. The van der Waals surface area contributed by atoms with E-state index in [0.29, 0.717) is 32.3 Å². The minimum absolute atomic E-state index is 0.156. The van der Waals surface area contributed by atoms with Crippen molar-refractivity contribution in [3.05, 3.63) is 97.6 Å². The van der Waals surface area contributed by atoms with Crippen molar-refractivity contribution in [3.8, 4) is 17.1 Å². The highest BCUT2D eigenvalue weighted by Gasteiger charge is 2.19. The van der Waals surface area contributed by atoms with Gasteiger partial charge in [0.25, 0.3) is 0 Å². The molecular weight excluding hydrogens is 407 g/mol. The van der Waals surface area contributed by atoms with Crippen LogP contribution in [0.25, 0.3) is 22.3 Å². The van der Waals surface area contributed by atoms with Crippen LogP contribution in [0.3, 0.4) is 0 Å². The van der Waals surface area contributed by atoms with Gasteiger partial charge >= 0.3 is 0 Å². The maximum atomic E-state index is 13.3. The van der Waals surface area contributed by atoms with Gasteiger partial charge in [-0.3, -0.25) is 4.79 Å². The van der Waals surface area contributed by atoms with E-state index in [0.717, 1.165) is 16.7 Å². The molecule has 0 fully saturated rings. The first-order valence-corrected chi connectivity index (χ1v) is 9.90. The average molecular weight is 425 g/mol. The molecule has 1 heterocycles. The summed E-state index contributed by atoms with van der Waals surface area (Å²) < 4.78 is 12.1. The van der Waals surface area contributed by atoms with Gasteiger partial charge in [0, 0.05) is 15.6 Å². The van der Waals surface area contributed by atoms with Crippen molar-refractivity contribution < 1.29 is 9.15 Å². The molecule has 0 aliphatic rings. The summed E-state index contributed by atoms with van der Waals surface area (Å²) in [6, 6.07) is 18.4. The second-order valence-electron chi connectivity index (χ2n) is 6.91. The number of fused-ring (bicyclic) bond motifs is 1. The molecule has 0 unspecified atom stereocenters. The van der Waals surface area contributed by atoms with E-state index >= 15 is 0 Å². The van der Waals surface area contributed by atoms with Crippen LogP contribution in [-0.4, -0.2) is 0 Å². The lowest BCUT2D eigenvalue weighted by Crippen LogP contribution is -2.11. The largest absolute Gasteiger partial charge is 0.481 e. The van der Waals surface area contributed by atoms with Crippen molar-refractivity contribution >= 4 is 34.2 Å². The van der Waals surface area contributed by atoms with Crippen LogP contribution in [0.1, 0.15) is 16.7 Å². The average Bonchev–Trinajstić information content (AvgIpc) is 2.70. The highest BCUT2D eigenvalue weighted by molar-refractivity contribution is 6.32. The molecule has 3 aromatic carbocycles. The van der Waals surface area contributed by atoms with Crippen molar-refractivity contribution in [2.45, 2.75) is 20.5 Å². The van der Waals surface area contributed by atoms with Crippen LogP contribution in [0.4, 0.5) is 0 Å². The van der Waals surface area contributed by atoms with Gasteiger partial charge in [-0.1, -0.05) is 47.5 Å². The van der Waals surface area contributed by atoms with Crippen molar-refractivity contribution in [1.82, 2.24) is 0 Å². The Kier molecular flexibility index (Phi) is 5.35. The summed E-state index contributed by atoms with van der Waals surface area (Å²) in [5.74, 6) is 0.525.